The molecule has 1 amide bonds. The number of rotatable bonds is 15. The molecule has 13 aromatic rings. The lowest BCUT2D eigenvalue weighted by molar-refractivity contribution is 0.0976. The number of aryl methyl sites for hydroxylation is 1. The molecular formula is C107H103N5O7. The van der Waals surface area contributed by atoms with Crippen LogP contribution in [0.4, 0.5) is 45.5 Å². The summed E-state index contributed by atoms with van der Waals surface area (Å²) >= 11 is 0. The van der Waals surface area contributed by atoms with Crippen LogP contribution >= 0.6 is 0 Å². The molecule has 9 unspecified atom stereocenters. The summed E-state index contributed by atoms with van der Waals surface area (Å²) in [5.41, 5.74) is 24.8. The fraction of sp³-hybridized carbons (Fsp3) is 0.234. The van der Waals surface area contributed by atoms with Crippen LogP contribution in [0.15, 0.2) is 303 Å². The summed E-state index contributed by atoms with van der Waals surface area (Å²) in [6.07, 6.45) is 13.3. The Bertz CT molecular complexity index is 5760. The van der Waals surface area contributed by atoms with E-state index in [2.05, 4.69) is 219 Å². The van der Waals surface area contributed by atoms with Crippen molar-refractivity contribution in [1.29, 1.82) is 0 Å². The standard InChI is InChI=1S/C28H21NO2.C22H25NO2.C21H19NO.C19H21NO.C17H17NO/c30-19-20-16-17-25-24(18-20)26(21-10-4-1-5-11-21)27(22-12-6-2-7-13-22)29(25)28(31)23-14-8-3-9-15-23;1-25-18-11-9-17(10-12-18)23-21-7-5-3-2-4-6-19(21)20-14-16(15-24)8-13-22(20)23;1-14-15(2)22(21-10-7-16(13-23)11-20(14)21)19-9-8-17-5-3-4-6-18(17)12-19;1-4-18-14(3)17-11-15(12-21)8-9-19(17)20(18)16-7-5-6-13(2)10-16;1-13-10-18(11-14-5-3-2-4-6-14)17-8-7-15(12-19)9-16(13)17/h1-19,26-27H;8-15,19,21H,2-7H2,1H3;3-15H,1-2H3;5-12,14,18H,4H2,1-3H3;2-9,12-13H,10-11H2,1H3. The molecule has 5 aliphatic heterocycles. The Kier molecular flexibility index (Phi) is 25.2. The number of methoxy groups -OCH3 is 1. The first-order valence-corrected chi connectivity index (χ1v) is 42.0. The fourth-order valence-corrected chi connectivity index (χ4v) is 19.0. The Labute approximate surface area is 700 Å². The van der Waals surface area contributed by atoms with E-state index in [9.17, 15) is 28.8 Å². The molecule has 0 saturated heterocycles. The van der Waals surface area contributed by atoms with Crippen molar-refractivity contribution < 1.29 is 33.5 Å². The number of amides is 1. The fourth-order valence-electron chi connectivity index (χ4n) is 19.0. The molecule has 598 valence electrons. The van der Waals surface area contributed by atoms with E-state index in [1.165, 1.54) is 122 Å². The monoisotopic (exact) mass is 1570 g/mol. The predicted octanol–water partition coefficient (Wildman–Crippen LogP) is 25.3. The molecular weight excluding hydrogens is 1470 g/mol. The average molecular weight is 1570 g/mol. The van der Waals surface area contributed by atoms with Gasteiger partial charge in [-0.1, -0.05) is 205 Å². The summed E-state index contributed by atoms with van der Waals surface area (Å²) in [5, 5.41) is 2.51. The number of aldehydes is 5. The number of benzene rings is 13. The van der Waals surface area contributed by atoms with E-state index in [1.807, 2.05) is 144 Å². The minimum atomic E-state index is -0.215. The lowest BCUT2D eigenvalue weighted by Crippen LogP contribution is -2.33. The molecule has 1 fully saturated rings. The molecule has 1 saturated carbocycles. The van der Waals surface area contributed by atoms with Crippen molar-refractivity contribution in [3.63, 3.8) is 0 Å². The highest BCUT2D eigenvalue weighted by atomic mass is 16.5. The van der Waals surface area contributed by atoms with E-state index in [4.69, 9.17) is 4.74 Å². The van der Waals surface area contributed by atoms with Crippen molar-refractivity contribution in [3.05, 3.63) is 387 Å². The zero-order chi connectivity index (χ0) is 82.6. The Balaban J connectivity index is 0.000000117. The van der Waals surface area contributed by atoms with Gasteiger partial charge in [0.1, 0.15) is 37.2 Å². The van der Waals surface area contributed by atoms with Gasteiger partial charge in [-0.15, -0.1) is 0 Å². The maximum Gasteiger partial charge on any atom is 0.258 e. The quantitative estimate of drug-likeness (QED) is 0.0910. The zero-order valence-electron chi connectivity index (χ0n) is 68.9. The first-order chi connectivity index (χ1) is 58.2. The van der Waals surface area contributed by atoms with Gasteiger partial charge in [0.05, 0.1) is 13.2 Å². The molecule has 13 aromatic carbocycles. The second-order valence-corrected chi connectivity index (χ2v) is 32.4. The van der Waals surface area contributed by atoms with Crippen LogP contribution in [0.3, 0.4) is 0 Å². The van der Waals surface area contributed by atoms with Crippen LogP contribution in [-0.2, 0) is 6.54 Å². The van der Waals surface area contributed by atoms with Crippen molar-refractivity contribution in [3.8, 4) is 5.75 Å². The average Bonchev–Trinajstić information content (AvgIpc) is 1.59. The number of fused-ring (bicyclic) bond motifs is 8. The van der Waals surface area contributed by atoms with Crippen LogP contribution in [0, 0.1) is 6.92 Å². The van der Waals surface area contributed by atoms with Gasteiger partial charge in [0.25, 0.3) is 5.91 Å². The SMILES string of the molecule is CC1CN(Cc2ccccc2)c2ccc(C=O)cc21.CC1c2cc(C=O)ccc2N(c2ccc3ccccc3c2)C1C.CCC1C(C)c2cc(C=O)ccc2N1c1cccc(C)c1.COc1ccc(N2c3ccc(C=O)cc3C3CCCCCCC32)cc1.O=Cc1ccc2c(c1)C(c1ccccc1)C(c1ccccc1)N2C(=O)c1ccccc1. The zero-order valence-corrected chi connectivity index (χ0v) is 68.9. The first-order valence-electron chi connectivity index (χ1n) is 42.0. The largest absolute Gasteiger partial charge is 0.497 e. The highest BCUT2D eigenvalue weighted by Crippen LogP contribution is 2.55. The highest BCUT2D eigenvalue weighted by Gasteiger charge is 2.45. The topological polar surface area (TPSA) is 128 Å². The van der Waals surface area contributed by atoms with Crippen LogP contribution in [0.1, 0.15) is 227 Å². The number of hydrogen-bond donors (Lipinski definition) is 0. The smallest absolute Gasteiger partial charge is 0.258 e. The third-order valence-corrected chi connectivity index (χ3v) is 25.1. The number of carbonyl (C=O) groups is 6. The summed E-state index contributed by atoms with van der Waals surface area (Å²) < 4.78 is 5.32. The summed E-state index contributed by atoms with van der Waals surface area (Å²) in [7, 11) is 1.70. The molecule has 1 aliphatic carbocycles. The third kappa shape index (κ3) is 17.1. The van der Waals surface area contributed by atoms with Crippen molar-refractivity contribution in [1.82, 2.24) is 0 Å². The van der Waals surface area contributed by atoms with Gasteiger partial charge in [0.2, 0.25) is 0 Å². The Hall–Kier alpha value is -13.1. The van der Waals surface area contributed by atoms with Crippen LogP contribution < -0.4 is 29.2 Å². The van der Waals surface area contributed by atoms with E-state index in [0.717, 1.165) is 101 Å². The molecule has 9 atom stereocenters. The Morgan fingerprint density at radius 3 is 1.50 bits per heavy atom. The molecule has 6 aliphatic rings. The second kappa shape index (κ2) is 37.0. The number of carbonyl (C=O) groups excluding carboxylic acids is 6. The lowest BCUT2D eigenvalue weighted by Gasteiger charge is -2.32. The normalized spacial score (nSPS) is 19.4. The van der Waals surface area contributed by atoms with E-state index in [0.29, 0.717) is 52.9 Å². The summed E-state index contributed by atoms with van der Waals surface area (Å²) in [4.78, 5) is 81.2. The second-order valence-electron chi connectivity index (χ2n) is 32.4. The third-order valence-electron chi connectivity index (χ3n) is 25.1. The van der Waals surface area contributed by atoms with Gasteiger partial charge in [-0.3, -0.25) is 33.7 Å². The van der Waals surface area contributed by atoms with E-state index in [-0.39, 0.29) is 17.9 Å². The molecule has 0 radical (unpaired) electrons. The Morgan fingerprint density at radius 2 is 0.908 bits per heavy atom. The summed E-state index contributed by atoms with van der Waals surface area (Å²) in [6.45, 7) is 15.3. The maximum atomic E-state index is 13.8. The molecule has 119 heavy (non-hydrogen) atoms. The summed E-state index contributed by atoms with van der Waals surface area (Å²) in [5.74, 6) is 2.60. The number of ether oxygens (including phenoxy) is 1. The first kappa shape index (κ1) is 81.1. The highest BCUT2D eigenvalue weighted by molar-refractivity contribution is 6.09. The minimum Gasteiger partial charge on any atom is -0.497 e. The molecule has 0 aromatic heterocycles. The van der Waals surface area contributed by atoms with Gasteiger partial charge in [-0.25, -0.2) is 0 Å². The van der Waals surface area contributed by atoms with Gasteiger partial charge in [0.15, 0.2) is 0 Å². The summed E-state index contributed by atoms with van der Waals surface area (Å²) in [6, 6.07) is 103. The molecule has 12 nitrogen and oxygen atoms in total. The van der Waals surface area contributed by atoms with Crippen molar-refractivity contribution in [2.45, 2.75) is 147 Å². The number of hydrogen-bond acceptors (Lipinski definition) is 11. The van der Waals surface area contributed by atoms with Crippen LogP contribution in [0.5, 0.6) is 5.75 Å². The van der Waals surface area contributed by atoms with Crippen LogP contribution in [-0.4, -0.2) is 69.1 Å². The van der Waals surface area contributed by atoms with Gasteiger partial charge >= 0.3 is 0 Å². The predicted molar refractivity (Wildman–Crippen MR) is 485 cm³/mol. The molecule has 12 heteroatoms. The van der Waals surface area contributed by atoms with Gasteiger partial charge in [-0.05, 0) is 246 Å². The van der Waals surface area contributed by atoms with Gasteiger partial charge < -0.3 is 24.3 Å². The Morgan fingerprint density at radius 1 is 0.412 bits per heavy atom. The van der Waals surface area contributed by atoms with Gasteiger partial charge in [-0.2, -0.15) is 0 Å². The minimum absolute atomic E-state index is 0.0482. The van der Waals surface area contributed by atoms with Gasteiger partial charge in [0, 0.05) is 140 Å². The van der Waals surface area contributed by atoms with Crippen molar-refractivity contribution in [2.24, 2.45) is 0 Å². The van der Waals surface area contributed by atoms with E-state index in [1.54, 1.807) is 13.2 Å². The van der Waals surface area contributed by atoms with E-state index < -0.39 is 0 Å². The molecule has 0 N–H and O–H groups in total. The van der Waals surface area contributed by atoms with Crippen molar-refractivity contribution in [2.75, 3.05) is 38.2 Å². The van der Waals surface area contributed by atoms with Crippen LogP contribution in [0.25, 0.3) is 10.8 Å². The van der Waals surface area contributed by atoms with E-state index >= 15 is 0 Å². The number of nitrogens with zero attached hydrogens (tertiary/aromatic N) is 5. The van der Waals surface area contributed by atoms with Crippen LogP contribution in [0.2, 0.25) is 0 Å². The maximum absolute atomic E-state index is 13.8. The molecule has 5 heterocycles. The van der Waals surface area contributed by atoms with Crippen molar-refractivity contribution >= 4 is 93.6 Å². The molecule has 0 bridgehead atoms. The molecule has 19 rings (SSSR count). The molecule has 0 spiro atoms. The lowest BCUT2D eigenvalue weighted by atomic mass is 9.84. The number of anilines is 8.